The number of hydrogen-bond donors (Lipinski definition) is 1. The predicted molar refractivity (Wildman–Crippen MR) is 78.6 cm³/mol. The van der Waals surface area contributed by atoms with Crippen LogP contribution < -0.4 is 4.90 Å². The number of anilines is 1. The molecule has 1 aliphatic heterocycles. The number of carboxylic acid groups (broad SMARTS) is 1. The van der Waals surface area contributed by atoms with Gasteiger partial charge in [-0.1, -0.05) is 6.07 Å². The van der Waals surface area contributed by atoms with Crippen LogP contribution in [0, 0.1) is 5.82 Å². The first-order chi connectivity index (χ1) is 10.6. The molecule has 0 saturated carbocycles. The summed E-state index contributed by atoms with van der Waals surface area (Å²) in [5, 5.41) is 12.9. The van der Waals surface area contributed by atoms with E-state index >= 15 is 0 Å². The van der Waals surface area contributed by atoms with E-state index in [1.165, 1.54) is 16.8 Å². The van der Waals surface area contributed by atoms with Gasteiger partial charge in [-0.05, 0) is 18.2 Å². The van der Waals surface area contributed by atoms with Crippen molar-refractivity contribution >= 4 is 11.7 Å². The molecule has 1 aromatic carbocycles. The highest BCUT2D eigenvalue weighted by Crippen LogP contribution is 2.27. The van der Waals surface area contributed by atoms with Crippen molar-refractivity contribution in [1.29, 1.82) is 0 Å². The maximum absolute atomic E-state index is 14.4. The lowest BCUT2D eigenvalue weighted by atomic mass is 10.1. The van der Waals surface area contributed by atoms with Crippen molar-refractivity contribution < 1.29 is 19.0 Å². The Hall–Kier alpha value is -2.41. The Morgan fingerprint density at radius 3 is 2.64 bits per heavy atom. The number of nitrogens with zero attached hydrogens (tertiary/aromatic N) is 3. The van der Waals surface area contributed by atoms with Crippen LogP contribution in [0.25, 0.3) is 11.3 Å². The van der Waals surface area contributed by atoms with Gasteiger partial charge in [0.1, 0.15) is 5.82 Å². The standard InChI is InChI=1S/C15H16FN3O3/c1-18-14(9-12(17-18)15(20)21)10-2-3-13(11(16)8-10)19-4-6-22-7-5-19/h2-3,8-9H,4-7H2,1H3,(H,20,21). The molecule has 1 aromatic heterocycles. The summed E-state index contributed by atoms with van der Waals surface area (Å²) in [6.07, 6.45) is 0. The molecule has 1 saturated heterocycles. The predicted octanol–water partition coefficient (Wildman–Crippen LogP) is 1.76. The summed E-state index contributed by atoms with van der Waals surface area (Å²) >= 11 is 0. The maximum Gasteiger partial charge on any atom is 0.356 e. The Morgan fingerprint density at radius 2 is 2.05 bits per heavy atom. The van der Waals surface area contributed by atoms with Crippen LogP contribution in [0.4, 0.5) is 10.1 Å². The summed E-state index contributed by atoms with van der Waals surface area (Å²) in [7, 11) is 1.63. The first-order valence-electron chi connectivity index (χ1n) is 6.96. The average Bonchev–Trinajstić information content (AvgIpc) is 2.90. The number of aryl methyl sites for hydroxylation is 1. The van der Waals surface area contributed by atoms with Gasteiger partial charge in [0.2, 0.25) is 0 Å². The Balaban J connectivity index is 1.93. The Labute approximate surface area is 126 Å². The topological polar surface area (TPSA) is 67.6 Å². The molecule has 116 valence electrons. The summed E-state index contributed by atoms with van der Waals surface area (Å²) in [5.41, 5.74) is 1.63. The number of carboxylic acids is 1. The molecule has 2 heterocycles. The number of halogens is 1. The molecule has 0 atom stereocenters. The molecule has 7 heteroatoms. The summed E-state index contributed by atoms with van der Waals surface area (Å²) in [5.74, 6) is -1.44. The molecule has 0 bridgehead atoms. The van der Waals surface area contributed by atoms with Crippen LogP contribution in [0.15, 0.2) is 24.3 Å². The molecule has 0 aliphatic carbocycles. The number of aromatic nitrogens is 2. The zero-order chi connectivity index (χ0) is 15.7. The lowest BCUT2D eigenvalue weighted by Crippen LogP contribution is -2.36. The summed E-state index contributed by atoms with van der Waals surface area (Å²) in [6, 6.07) is 6.33. The van der Waals surface area contributed by atoms with Gasteiger partial charge in [0.15, 0.2) is 5.69 Å². The van der Waals surface area contributed by atoms with Crippen LogP contribution in [0.2, 0.25) is 0 Å². The second-order valence-corrected chi connectivity index (χ2v) is 5.11. The van der Waals surface area contributed by atoms with Crippen molar-refractivity contribution in [3.05, 3.63) is 35.8 Å². The Morgan fingerprint density at radius 1 is 1.32 bits per heavy atom. The van der Waals surface area contributed by atoms with Crippen molar-refractivity contribution in [2.24, 2.45) is 7.05 Å². The number of carbonyl (C=O) groups is 1. The molecular weight excluding hydrogens is 289 g/mol. The van der Waals surface area contributed by atoms with Crippen LogP contribution in [0.1, 0.15) is 10.5 Å². The molecule has 1 N–H and O–H groups in total. The molecule has 0 spiro atoms. The number of benzene rings is 1. The molecule has 0 amide bonds. The molecule has 2 aromatic rings. The van der Waals surface area contributed by atoms with Gasteiger partial charge in [0.25, 0.3) is 0 Å². The molecule has 22 heavy (non-hydrogen) atoms. The first kappa shape index (κ1) is 14.5. The van der Waals surface area contributed by atoms with E-state index < -0.39 is 5.97 Å². The third kappa shape index (κ3) is 2.67. The maximum atomic E-state index is 14.4. The van der Waals surface area contributed by atoms with Gasteiger partial charge in [0, 0.05) is 25.7 Å². The minimum Gasteiger partial charge on any atom is -0.476 e. The number of ether oxygens (including phenoxy) is 1. The van der Waals surface area contributed by atoms with E-state index in [1.54, 1.807) is 19.2 Å². The number of rotatable bonds is 3. The molecule has 1 fully saturated rings. The monoisotopic (exact) mass is 305 g/mol. The zero-order valence-electron chi connectivity index (χ0n) is 12.1. The fourth-order valence-corrected chi connectivity index (χ4v) is 2.57. The Bertz CT molecular complexity index is 708. The van der Waals surface area contributed by atoms with Crippen molar-refractivity contribution in [3.63, 3.8) is 0 Å². The third-order valence-corrected chi connectivity index (χ3v) is 3.69. The van der Waals surface area contributed by atoms with E-state index in [-0.39, 0.29) is 11.5 Å². The fourth-order valence-electron chi connectivity index (χ4n) is 2.57. The minimum absolute atomic E-state index is 0.0600. The average molecular weight is 305 g/mol. The van der Waals surface area contributed by atoms with Gasteiger partial charge in [-0.25, -0.2) is 9.18 Å². The van der Waals surface area contributed by atoms with Crippen LogP contribution in [-0.2, 0) is 11.8 Å². The van der Waals surface area contributed by atoms with Crippen molar-refractivity contribution in [1.82, 2.24) is 9.78 Å². The van der Waals surface area contributed by atoms with Gasteiger partial charge in [-0.15, -0.1) is 0 Å². The van der Waals surface area contributed by atoms with E-state index in [0.717, 1.165) is 0 Å². The van der Waals surface area contributed by atoms with Crippen LogP contribution in [0.3, 0.4) is 0 Å². The van der Waals surface area contributed by atoms with Crippen LogP contribution >= 0.6 is 0 Å². The first-order valence-corrected chi connectivity index (χ1v) is 6.96. The fraction of sp³-hybridized carbons (Fsp3) is 0.333. The van der Waals surface area contributed by atoms with E-state index in [1.807, 2.05) is 4.90 Å². The lowest BCUT2D eigenvalue weighted by Gasteiger charge is -2.29. The SMILES string of the molecule is Cn1nc(C(=O)O)cc1-c1ccc(N2CCOCC2)c(F)c1. The van der Waals surface area contributed by atoms with Crippen LogP contribution in [0.5, 0.6) is 0 Å². The van der Waals surface area contributed by atoms with Crippen molar-refractivity contribution in [2.75, 3.05) is 31.2 Å². The molecule has 6 nitrogen and oxygen atoms in total. The molecule has 3 rings (SSSR count). The quantitative estimate of drug-likeness (QED) is 0.936. The molecule has 0 unspecified atom stereocenters. The van der Waals surface area contributed by atoms with Crippen LogP contribution in [-0.4, -0.2) is 47.2 Å². The Kier molecular flexibility index (Phi) is 3.81. The summed E-state index contributed by atoms with van der Waals surface area (Å²) in [4.78, 5) is 12.9. The van der Waals surface area contributed by atoms with Crippen molar-refractivity contribution in [2.45, 2.75) is 0 Å². The number of aromatic carboxylic acids is 1. The van der Waals surface area contributed by atoms with Gasteiger partial charge >= 0.3 is 5.97 Å². The molecule has 1 aliphatic rings. The zero-order valence-corrected chi connectivity index (χ0v) is 12.1. The van der Waals surface area contributed by atoms with Gasteiger partial charge in [-0.3, -0.25) is 4.68 Å². The van der Waals surface area contributed by atoms with Gasteiger partial charge in [-0.2, -0.15) is 5.10 Å². The molecular formula is C15H16FN3O3. The second kappa shape index (κ2) is 5.76. The second-order valence-electron chi connectivity index (χ2n) is 5.11. The van der Waals surface area contributed by atoms with E-state index in [4.69, 9.17) is 9.84 Å². The van der Waals surface area contributed by atoms with E-state index in [9.17, 15) is 9.18 Å². The number of hydrogen-bond acceptors (Lipinski definition) is 4. The van der Waals surface area contributed by atoms with Gasteiger partial charge < -0.3 is 14.7 Å². The van der Waals surface area contributed by atoms with Crippen molar-refractivity contribution in [3.8, 4) is 11.3 Å². The summed E-state index contributed by atoms with van der Waals surface area (Å²) in [6.45, 7) is 2.49. The largest absolute Gasteiger partial charge is 0.476 e. The molecule has 0 radical (unpaired) electrons. The lowest BCUT2D eigenvalue weighted by molar-refractivity contribution is 0.0689. The summed E-state index contributed by atoms with van der Waals surface area (Å²) < 4.78 is 21.1. The smallest absolute Gasteiger partial charge is 0.356 e. The minimum atomic E-state index is -1.10. The highest BCUT2D eigenvalue weighted by Gasteiger charge is 2.17. The number of morpholine rings is 1. The normalized spacial score (nSPS) is 15.1. The van der Waals surface area contributed by atoms with E-state index in [0.29, 0.717) is 43.2 Å². The van der Waals surface area contributed by atoms with Gasteiger partial charge in [0.05, 0.1) is 24.6 Å². The third-order valence-electron chi connectivity index (χ3n) is 3.69. The highest BCUT2D eigenvalue weighted by molar-refractivity contribution is 5.87. The highest BCUT2D eigenvalue weighted by atomic mass is 19.1. The van der Waals surface area contributed by atoms with E-state index in [2.05, 4.69) is 5.10 Å².